The molecule has 5 aromatic rings. The van der Waals surface area contributed by atoms with Crippen LogP contribution in [0.1, 0.15) is 47.8 Å². The molecule has 2 heterocycles. The van der Waals surface area contributed by atoms with Gasteiger partial charge in [-0.05, 0) is 53.6 Å². The highest BCUT2D eigenvalue weighted by molar-refractivity contribution is 5.78. The summed E-state index contributed by atoms with van der Waals surface area (Å²) in [5.74, 6) is 2.00. The summed E-state index contributed by atoms with van der Waals surface area (Å²) >= 11 is 0. The Balaban J connectivity index is 1.43. The van der Waals surface area contributed by atoms with E-state index in [1.807, 2.05) is 79.7 Å². The smallest absolute Gasteiger partial charge is 0.261 e. The number of aryl methyl sites for hydroxylation is 2. The SMILES string of the molecule is CCCc1nc2ccc(C)cc2c(=O)n1Cc1ccc(OC(c2ccccc2)c2nnn[nH]2)cc1. The molecule has 0 saturated heterocycles. The molecule has 2 aromatic heterocycles. The summed E-state index contributed by atoms with van der Waals surface area (Å²) in [7, 11) is 0. The standard InChI is InChI=1S/C27H26N6O2/c1-3-7-24-28-23-15-10-18(2)16-22(23)27(34)33(24)17-19-11-13-21(14-12-19)35-25(26-29-31-32-30-26)20-8-5-4-6-9-20/h4-6,8-16,25H,3,7,17H2,1-2H3,(H,29,30,31,32). The lowest BCUT2D eigenvalue weighted by molar-refractivity contribution is 0.237. The molecule has 0 aliphatic carbocycles. The normalized spacial score (nSPS) is 12.1. The number of ether oxygens (including phenoxy) is 1. The van der Waals surface area contributed by atoms with Crippen LogP contribution in [0.25, 0.3) is 10.9 Å². The second-order valence-corrected chi connectivity index (χ2v) is 8.53. The minimum absolute atomic E-state index is 0.00978. The zero-order valence-corrected chi connectivity index (χ0v) is 19.7. The predicted octanol–water partition coefficient (Wildman–Crippen LogP) is 4.39. The first kappa shape index (κ1) is 22.5. The van der Waals surface area contributed by atoms with Crippen molar-refractivity contribution in [3.8, 4) is 5.75 Å². The van der Waals surface area contributed by atoms with Gasteiger partial charge in [0.15, 0.2) is 11.9 Å². The Morgan fingerprint density at radius 1 is 1.03 bits per heavy atom. The van der Waals surface area contributed by atoms with Crippen molar-refractivity contribution in [2.75, 3.05) is 0 Å². The largest absolute Gasteiger partial charge is 0.478 e. The molecule has 176 valence electrons. The minimum Gasteiger partial charge on any atom is -0.478 e. The zero-order valence-electron chi connectivity index (χ0n) is 19.7. The monoisotopic (exact) mass is 466 g/mol. The molecule has 0 aliphatic heterocycles. The highest BCUT2D eigenvalue weighted by Crippen LogP contribution is 2.26. The lowest BCUT2D eigenvalue weighted by Gasteiger charge is -2.17. The third-order valence-electron chi connectivity index (χ3n) is 5.89. The minimum atomic E-state index is -0.469. The van der Waals surface area contributed by atoms with Gasteiger partial charge >= 0.3 is 0 Å². The molecule has 1 atom stereocenters. The van der Waals surface area contributed by atoms with Crippen LogP contribution >= 0.6 is 0 Å². The van der Waals surface area contributed by atoms with Gasteiger partial charge in [-0.15, -0.1) is 5.10 Å². The molecule has 0 spiro atoms. The predicted molar refractivity (Wildman–Crippen MR) is 133 cm³/mol. The van der Waals surface area contributed by atoms with Crippen LogP contribution in [-0.2, 0) is 13.0 Å². The van der Waals surface area contributed by atoms with Crippen molar-refractivity contribution in [3.63, 3.8) is 0 Å². The van der Waals surface area contributed by atoms with E-state index >= 15 is 0 Å². The third kappa shape index (κ3) is 4.82. The van der Waals surface area contributed by atoms with Crippen molar-refractivity contribution in [2.24, 2.45) is 0 Å². The molecule has 0 bridgehead atoms. The number of rotatable bonds is 8. The van der Waals surface area contributed by atoms with Crippen molar-refractivity contribution in [1.29, 1.82) is 0 Å². The van der Waals surface area contributed by atoms with Crippen molar-refractivity contribution in [3.05, 3.63) is 111 Å². The number of aromatic amines is 1. The maximum Gasteiger partial charge on any atom is 0.261 e. The Bertz CT molecular complexity index is 1480. The molecular weight excluding hydrogens is 440 g/mol. The molecule has 8 heteroatoms. The summed E-state index contributed by atoms with van der Waals surface area (Å²) in [6, 6.07) is 23.4. The van der Waals surface area contributed by atoms with Crippen LogP contribution < -0.4 is 10.3 Å². The Morgan fingerprint density at radius 2 is 1.83 bits per heavy atom. The van der Waals surface area contributed by atoms with E-state index in [0.29, 0.717) is 23.5 Å². The van der Waals surface area contributed by atoms with Crippen molar-refractivity contribution >= 4 is 10.9 Å². The zero-order chi connectivity index (χ0) is 24.2. The molecule has 0 radical (unpaired) electrons. The number of nitrogens with one attached hydrogen (secondary N) is 1. The van der Waals surface area contributed by atoms with Crippen LogP contribution in [0.5, 0.6) is 5.75 Å². The molecule has 5 rings (SSSR count). The van der Waals surface area contributed by atoms with Crippen molar-refractivity contribution in [1.82, 2.24) is 30.2 Å². The Kier molecular flexibility index (Phi) is 6.34. The summed E-state index contributed by atoms with van der Waals surface area (Å²) in [5, 5.41) is 14.9. The molecule has 0 fully saturated rings. The molecule has 3 aromatic carbocycles. The molecule has 0 aliphatic rings. The van der Waals surface area contributed by atoms with Crippen LogP contribution in [0.3, 0.4) is 0 Å². The first-order valence-corrected chi connectivity index (χ1v) is 11.7. The summed E-state index contributed by atoms with van der Waals surface area (Å²) in [4.78, 5) is 18.2. The van der Waals surface area contributed by atoms with Gasteiger partial charge in [0.2, 0.25) is 0 Å². The number of H-pyrrole nitrogens is 1. The van der Waals surface area contributed by atoms with Crippen LogP contribution in [0.15, 0.2) is 77.6 Å². The lowest BCUT2D eigenvalue weighted by Crippen LogP contribution is -2.26. The third-order valence-corrected chi connectivity index (χ3v) is 5.89. The first-order valence-electron chi connectivity index (χ1n) is 11.7. The van der Waals surface area contributed by atoms with Gasteiger partial charge in [-0.25, -0.2) is 10.1 Å². The van der Waals surface area contributed by atoms with Crippen LogP contribution in [0, 0.1) is 6.92 Å². The first-order chi connectivity index (χ1) is 17.1. The fraction of sp³-hybridized carbons (Fsp3) is 0.222. The molecular formula is C27H26N6O2. The Labute approximate surface area is 202 Å². The van der Waals surface area contributed by atoms with Gasteiger partial charge in [0.05, 0.1) is 17.4 Å². The summed E-state index contributed by atoms with van der Waals surface area (Å²) in [6.07, 6.45) is 1.18. The second kappa shape index (κ2) is 9.89. The number of benzene rings is 3. The van der Waals surface area contributed by atoms with Crippen LogP contribution in [0.2, 0.25) is 0 Å². The fourth-order valence-electron chi connectivity index (χ4n) is 4.14. The highest BCUT2D eigenvalue weighted by Gasteiger charge is 2.20. The van der Waals surface area contributed by atoms with E-state index < -0.39 is 6.10 Å². The van der Waals surface area contributed by atoms with E-state index in [-0.39, 0.29) is 5.56 Å². The van der Waals surface area contributed by atoms with Gasteiger partial charge < -0.3 is 4.74 Å². The number of hydrogen-bond donors (Lipinski definition) is 1. The Morgan fingerprint density at radius 3 is 2.54 bits per heavy atom. The van der Waals surface area contributed by atoms with Gasteiger partial charge in [-0.2, -0.15) is 0 Å². The number of aromatic nitrogens is 6. The topological polar surface area (TPSA) is 98.6 Å². The van der Waals surface area contributed by atoms with Gasteiger partial charge in [0, 0.05) is 12.0 Å². The maximum atomic E-state index is 13.4. The van der Waals surface area contributed by atoms with E-state index in [2.05, 4.69) is 27.5 Å². The van der Waals surface area contributed by atoms with Crippen LogP contribution in [0.4, 0.5) is 0 Å². The van der Waals surface area contributed by atoms with Gasteiger partial charge in [0.1, 0.15) is 11.6 Å². The molecule has 1 unspecified atom stereocenters. The van der Waals surface area contributed by atoms with Gasteiger partial charge in [-0.1, -0.05) is 61.0 Å². The second-order valence-electron chi connectivity index (χ2n) is 8.53. The summed E-state index contributed by atoms with van der Waals surface area (Å²) < 4.78 is 8.04. The van der Waals surface area contributed by atoms with Gasteiger partial charge in [0.25, 0.3) is 5.56 Å². The van der Waals surface area contributed by atoms with Crippen LogP contribution in [-0.4, -0.2) is 30.2 Å². The molecule has 35 heavy (non-hydrogen) atoms. The van der Waals surface area contributed by atoms with Crippen molar-refractivity contribution < 1.29 is 4.74 Å². The molecule has 1 N–H and O–H groups in total. The summed E-state index contributed by atoms with van der Waals surface area (Å²) in [5.41, 5.74) is 3.71. The number of nitrogens with zero attached hydrogens (tertiary/aromatic N) is 5. The van der Waals surface area contributed by atoms with Gasteiger partial charge in [-0.3, -0.25) is 9.36 Å². The number of hydrogen-bond acceptors (Lipinski definition) is 6. The molecule has 0 saturated carbocycles. The lowest BCUT2D eigenvalue weighted by atomic mass is 10.1. The number of fused-ring (bicyclic) bond motifs is 1. The van der Waals surface area contributed by atoms with E-state index in [0.717, 1.165) is 40.9 Å². The quantitative estimate of drug-likeness (QED) is 0.364. The number of tetrazole rings is 1. The van der Waals surface area contributed by atoms with E-state index in [1.54, 1.807) is 4.57 Å². The highest BCUT2D eigenvalue weighted by atomic mass is 16.5. The van der Waals surface area contributed by atoms with E-state index in [4.69, 9.17) is 9.72 Å². The van der Waals surface area contributed by atoms with Crippen molar-refractivity contribution in [2.45, 2.75) is 39.3 Å². The van der Waals surface area contributed by atoms with E-state index in [9.17, 15) is 4.79 Å². The maximum absolute atomic E-state index is 13.4. The Hall–Kier alpha value is -4.33. The average molecular weight is 467 g/mol. The molecule has 8 nitrogen and oxygen atoms in total. The molecule has 0 amide bonds. The average Bonchev–Trinajstić information content (AvgIpc) is 3.42. The fourth-order valence-corrected chi connectivity index (χ4v) is 4.14. The summed E-state index contributed by atoms with van der Waals surface area (Å²) in [6.45, 7) is 4.52. The van der Waals surface area contributed by atoms with E-state index in [1.165, 1.54) is 0 Å².